The fourth-order valence-corrected chi connectivity index (χ4v) is 2.81. The maximum atomic E-state index is 11.9. The Labute approximate surface area is 149 Å². The summed E-state index contributed by atoms with van der Waals surface area (Å²) in [5, 5.41) is 17.8. The first kappa shape index (κ1) is 18.7. The molecule has 7 heteroatoms. The van der Waals surface area contributed by atoms with Crippen molar-refractivity contribution in [3.05, 3.63) is 52.2 Å². The number of carboxylic acids is 1. The summed E-state index contributed by atoms with van der Waals surface area (Å²) < 4.78 is 0. The zero-order valence-corrected chi connectivity index (χ0v) is 14.5. The van der Waals surface area contributed by atoms with Crippen LogP contribution in [-0.2, 0) is 16.0 Å². The summed E-state index contributed by atoms with van der Waals surface area (Å²) in [6, 6.07) is 8.88. The predicted octanol–water partition coefficient (Wildman–Crippen LogP) is 2.91. The average Bonchev–Trinajstić information content (AvgIpc) is 3.12. The van der Waals surface area contributed by atoms with Gasteiger partial charge in [-0.25, -0.2) is 0 Å². The van der Waals surface area contributed by atoms with Crippen LogP contribution >= 0.6 is 11.3 Å². The molecule has 2 rings (SSSR count). The second kappa shape index (κ2) is 9.58. The monoisotopic (exact) mass is 360 g/mol. The van der Waals surface area contributed by atoms with Gasteiger partial charge in [-0.3, -0.25) is 14.4 Å². The fraction of sp³-hybridized carbons (Fsp3) is 0.278. The minimum Gasteiger partial charge on any atom is -0.481 e. The summed E-state index contributed by atoms with van der Waals surface area (Å²) in [4.78, 5) is 34.1. The zero-order chi connectivity index (χ0) is 18.1. The van der Waals surface area contributed by atoms with Crippen molar-refractivity contribution in [2.75, 3.05) is 11.9 Å². The molecule has 0 aliphatic carbocycles. The van der Waals surface area contributed by atoms with Gasteiger partial charge < -0.3 is 15.7 Å². The third-order valence-electron chi connectivity index (χ3n) is 3.51. The number of nitrogens with one attached hydrogen (secondary N) is 2. The van der Waals surface area contributed by atoms with Gasteiger partial charge in [0.1, 0.15) is 0 Å². The normalized spacial score (nSPS) is 10.2. The van der Waals surface area contributed by atoms with Crippen molar-refractivity contribution in [1.29, 1.82) is 0 Å². The van der Waals surface area contributed by atoms with Crippen LogP contribution in [0, 0.1) is 0 Å². The molecular formula is C18H20N2O4S. The highest BCUT2D eigenvalue weighted by atomic mass is 32.1. The number of carboxylic acid groups (broad SMARTS) is 1. The van der Waals surface area contributed by atoms with E-state index in [1.165, 1.54) is 11.3 Å². The lowest BCUT2D eigenvalue weighted by atomic mass is 10.1. The fourth-order valence-electron chi connectivity index (χ4n) is 2.18. The molecule has 0 atom stereocenters. The predicted molar refractivity (Wildman–Crippen MR) is 96.9 cm³/mol. The summed E-state index contributed by atoms with van der Waals surface area (Å²) in [7, 11) is 0. The van der Waals surface area contributed by atoms with E-state index in [0.29, 0.717) is 37.1 Å². The molecule has 2 aromatic rings. The summed E-state index contributed by atoms with van der Waals surface area (Å²) in [6.45, 7) is 0.441. The highest BCUT2D eigenvalue weighted by Crippen LogP contribution is 2.12. The van der Waals surface area contributed by atoms with Gasteiger partial charge in [-0.1, -0.05) is 12.1 Å². The van der Waals surface area contributed by atoms with Crippen molar-refractivity contribution in [2.24, 2.45) is 0 Å². The third kappa shape index (κ3) is 6.76. The SMILES string of the molecule is O=C(O)CCc1ccc(NC(=O)CCCNC(=O)c2ccsc2)cc1. The van der Waals surface area contributed by atoms with E-state index in [0.717, 1.165) is 5.56 Å². The maximum absolute atomic E-state index is 11.9. The van der Waals surface area contributed by atoms with Crippen LogP contribution in [0.25, 0.3) is 0 Å². The quantitative estimate of drug-likeness (QED) is 0.599. The third-order valence-corrected chi connectivity index (χ3v) is 4.20. The molecule has 0 bridgehead atoms. The van der Waals surface area contributed by atoms with Crippen molar-refractivity contribution in [1.82, 2.24) is 5.32 Å². The Kier molecular flexibility index (Phi) is 7.16. The Morgan fingerprint density at radius 3 is 2.44 bits per heavy atom. The number of rotatable bonds is 9. The van der Waals surface area contributed by atoms with E-state index in [9.17, 15) is 14.4 Å². The standard InChI is InChI=1S/C18H20N2O4S/c21-16(2-1-10-19-18(24)14-9-11-25-12-14)20-15-6-3-13(4-7-15)5-8-17(22)23/h3-4,6-7,9,11-12H,1-2,5,8,10H2,(H,19,24)(H,20,21)(H,22,23). The number of thiophene rings is 1. The topological polar surface area (TPSA) is 95.5 Å². The molecule has 2 amide bonds. The number of benzene rings is 1. The lowest BCUT2D eigenvalue weighted by molar-refractivity contribution is -0.137. The molecule has 25 heavy (non-hydrogen) atoms. The van der Waals surface area contributed by atoms with Crippen LogP contribution in [0.5, 0.6) is 0 Å². The number of hydrogen-bond donors (Lipinski definition) is 3. The van der Waals surface area contributed by atoms with E-state index >= 15 is 0 Å². The van der Waals surface area contributed by atoms with Crippen LogP contribution in [0.1, 0.15) is 35.2 Å². The zero-order valence-electron chi connectivity index (χ0n) is 13.7. The van der Waals surface area contributed by atoms with Crippen LogP contribution in [0.4, 0.5) is 5.69 Å². The highest BCUT2D eigenvalue weighted by Gasteiger charge is 2.06. The van der Waals surface area contributed by atoms with E-state index in [4.69, 9.17) is 5.11 Å². The molecule has 0 saturated carbocycles. The number of amides is 2. The van der Waals surface area contributed by atoms with Crippen LogP contribution in [-0.4, -0.2) is 29.4 Å². The molecule has 1 aromatic carbocycles. The van der Waals surface area contributed by atoms with E-state index in [1.807, 2.05) is 5.38 Å². The second-order valence-corrected chi connectivity index (χ2v) is 6.29. The Morgan fingerprint density at radius 2 is 1.80 bits per heavy atom. The summed E-state index contributed by atoms with van der Waals surface area (Å²) in [5.74, 6) is -1.08. The van der Waals surface area contributed by atoms with E-state index < -0.39 is 5.97 Å². The molecule has 0 fully saturated rings. The second-order valence-electron chi connectivity index (χ2n) is 5.51. The maximum Gasteiger partial charge on any atom is 0.303 e. The molecule has 0 unspecified atom stereocenters. The first-order chi connectivity index (χ1) is 12.0. The molecule has 0 aliphatic heterocycles. The lowest BCUT2D eigenvalue weighted by Crippen LogP contribution is -2.25. The molecule has 0 aliphatic rings. The van der Waals surface area contributed by atoms with E-state index in [2.05, 4.69) is 10.6 Å². The number of anilines is 1. The van der Waals surface area contributed by atoms with Gasteiger partial charge in [0.05, 0.1) is 0 Å². The minimum absolute atomic E-state index is 0.0861. The van der Waals surface area contributed by atoms with Gasteiger partial charge in [-0.2, -0.15) is 11.3 Å². The molecule has 6 nitrogen and oxygen atoms in total. The van der Waals surface area contributed by atoms with Gasteiger partial charge in [0, 0.05) is 36.0 Å². The molecule has 1 heterocycles. The largest absolute Gasteiger partial charge is 0.481 e. The summed E-state index contributed by atoms with van der Waals surface area (Å²) in [5.41, 5.74) is 2.22. The van der Waals surface area contributed by atoms with Crippen molar-refractivity contribution < 1.29 is 19.5 Å². The lowest BCUT2D eigenvalue weighted by Gasteiger charge is -2.07. The van der Waals surface area contributed by atoms with Crippen molar-refractivity contribution in [3.63, 3.8) is 0 Å². The smallest absolute Gasteiger partial charge is 0.303 e. The minimum atomic E-state index is -0.830. The molecule has 0 spiro atoms. The number of aryl methyl sites for hydroxylation is 1. The van der Waals surface area contributed by atoms with Gasteiger partial charge in [0.25, 0.3) is 5.91 Å². The average molecular weight is 360 g/mol. The van der Waals surface area contributed by atoms with Gasteiger partial charge >= 0.3 is 5.97 Å². The number of hydrogen-bond acceptors (Lipinski definition) is 4. The first-order valence-electron chi connectivity index (χ1n) is 7.95. The molecule has 0 radical (unpaired) electrons. The molecule has 0 saturated heterocycles. The van der Waals surface area contributed by atoms with Gasteiger partial charge in [-0.15, -0.1) is 0 Å². The number of carbonyl (C=O) groups excluding carboxylic acids is 2. The summed E-state index contributed by atoms with van der Waals surface area (Å²) in [6.07, 6.45) is 1.42. The Hall–Kier alpha value is -2.67. The Bertz CT molecular complexity index is 711. The Morgan fingerprint density at radius 1 is 1.04 bits per heavy atom. The van der Waals surface area contributed by atoms with Gasteiger partial charge in [0.2, 0.25) is 5.91 Å². The van der Waals surface area contributed by atoms with Gasteiger partial charge in [0.15, 0.2) is 0 Å². The Balaban J connectivity index is 1.66. The van der Waals surface area contributed by atoms with Crippen molar-refractivity contribution in [3.8, 4) is 0 Å². The van der Waals surface area contributed by atoms with Crippen LogP contribution in [0.2, 0.25) is 0 Å². The molecule has 132 valence electrons. The molecule has 3 N–H and O–H groups in total. The summed E-state index contributed by atoms with van der Waals surface area (Å²) >= 11 is 1.46. The van der Waals surface area contributed by atoms with Crippen molar-refractivity contribution >= 4 is 34.8 Å². The van der Waals surface area contributed by atoms with Crippen LogP contribution in [0.3, 0.4) is 0 Å². The number of carbonyl (C=O) groups is 3. The highest BCUT2D eigenvalue weighted by molar-refractivity contribution is 7.08. The van der Waals surface area contributed by atoms with E-state index in [-0.39, 0.29) is 18.2 Å². The van der Waals surface area contributed by atoms with Crippen LogP contribution in [0.15, 0.2) is 41.1 Å². The molecular weight excluding hydrogens is 340 g/mol. The molecule has 1 aromatic heterocycles. The van der Waals surface area contributed by atoms with E-state index in [1.54, 1.807) is 35.7 Å². The van der Waals surface area contributed by atoms with Crippen molar-refractivity contribution in [2.45, 2.75) is 25.7 Å². The van der Waals surface area contributed by atoms with Gasteiger partial charge in [-0.05, 0) is 42.0 Å². The first-order valence-corrected chi connectivity index (χ1v) is 8.90. The number of aliphatic carboxylic acids is 1. The van der Waals surface area contributed by atoms with Crippen LogP contribution < -0.4 is 10.6 Å².